The molecule has 2 aliphatic rings. The molecule has 1 saturated heterocycles. The molecule has 1 fully saturated rings. The minimum Gasteiger partial charge on any atom is -0.493 e. The van der Waals surface area contributed by atoms with Gasteiger partial charge in [-0.1, -0.05) is 12.1 Å². The number of hydrogen-bond acceptors (Lipinski definition) is 4. The van der Waals surface area contributed by atoms with Gasteiger partial charge in [-0.05, 0) is 31.9 Å². The van der Waals surface area contributed by atoms with Crippen molar-refractivity contribution < 1.29 is 24.2 Å². The van der Waals surface area contributed by atoms with Gasteiger partial charge in [0.2, 0.25) is 0 Å². The molecule has 2 aliphatic heterocycles. The molecule has 24 heavy (non-hydrogen) atoms. The number of aliphatic carboxylic acids is 1. The van der Waals surface area contributed by atoms with Gasteiger partial charge in [0, 0.05) is 18.7 Å². The lowest BCUT2D eigenvalue weighted by Gasteiger charge is -2.38. The Morgan fingerprint density at radius 2 is 2.17 bits per heavy atom. The second kappa shape index (κ2) is 6.19. The van der Waals surface area contributed by atoms with Crippen molar-refractivity contribution in [3.63, 3.8) is 0 Å². The molecule has 0 saturated carbocycles. The number of carboxylic acids is 1. The molecule has 6 heteroatoms. The molecule has 0 bridgehead atoms. The van der Waals surface area contributed by atoms with Gasteiger partial charge in [-0.2, -0.15) is 0 Å². The standard InChI is InChI=1S/C18H21NO5/c1-18(17(21)22)7-4-8-19(11-18)16(20)13-9-12-5-3-6-14(23-2)15(12)24-10-13/h3,5-6,9H,4,7-8,10-11H2,1-2H3,(H,21,22). The molecule has 128 valence electrons. The third-order valence-corrected chi connectivity index (χ3v) is 4.71. The zero-order chi connectivity index (χ0) is 17.3. The lowest BCUT2D eigenvalue weighted by atomic mass is 9.82. The number of nitrogens with zero attached hydrogens (tertiary/aromatic N) is 1. The highest BCUT2D eigenvalue weighted by atomic mass is 16.5. The van der Waals surface area contributed by atoms with E-state index in [4.69, 9.17) is 9.47 Å². The average Bonchev–Trinajstić information content (AvgIpc) is 2.60. The minimum atomic E-state index is -0.884. The molecule has 0 aliphatic carbocycles. The zero-order valence-electron chi connectivity index (χ0n) is 13.9. The van der Waals surface area contributed by atoms with E-state index in [9.17, 15) is 14.7 Å². The first-order chi connectivity index (χ1) is 11.4. The normalized spacial score (nSPS) is 22.9. The Balaban J connectivity index is 1.83. The average molecular weight is 331 g/mol. The van der Waals surface area contributed by atoms with Gasteiger partial charge >= 0.3 is 5.97 Å². The topological polar surface area (TPSA) is 76.1 Å². The van der Waals surface area contributed by atoms with Crippen LogP contribution >= 0.6 is 0 Å². The third kappa shape index (κ3) is 2.84. The zero-order valence-corrected chi connectivity index (χ0v) is 13.9. The van der Waals surface area contributed by atoms with Crippen molar-refractivity contribution in [3.05, 3.63) is 29.3 Å². The quantitative estimate of drug-likeness (QED) is 0.919. The molecule has 1 atom stereocenters. The van der Waals surface area contributed by atoms with Crippen molar-refractivity contribution in [2.75, 3.05) is 26.8 Å². The van der Waals surface area contributed by atoms with Gasteiger partial charge in [-0.25, -0.2) is 0 Å². The smallest absolute Gasteiger partial charge is 0.311 e. The molecule has 1 amide bonds. The van der Waals surface area contributed by atoms with Crippen LogP contribution in [-0.2, 0) is 9.59 Å². The number of para-hydroxylation sites is 1. The number of carbonyl (C=O) groups is 2. The summed E-state index contributed by atoms with van der Waals surface area (Å²) >= 11 is 0. The molecule has 0 radical (unpaired) electrons. The van der Waals surface area contributed by atoms with Crippen molar-refractivity contribution in [1.82, 2.24) is 4.90 Å². The van der Waals surface area contributed by atoms with E-state index in [-0.39, 0.29) is 19.1 Å². The van der Waals surface area contributed by atoms with Gasteiger partial charge in [0.05, 0.1) is 18.1 Å². The summed E-state index contributed by atoms with van der Waals surface area (Å²) in [6, 6.07) is 5.51. The van der Waals surface area contributed by atoms with E-state index in [1.165, 1.54) is 0 Å². The van der Waals surface area contributed by atoms with Crippen LogP contribution in [-0.4, -0.2) is 48.7 Å². The second-order valence-corrected chi connectivity index (χ2v) is 6.53. The number of piperidine rings is 1. The fourth-order valence-electron chi connectivity index (χ4n) is 3.25. The van der Waals surface area contributed by atoms with E-state index in [1.807, 2.05) is 18.2 Å². The van der Waals surface area contributed by atoms with Gasteiger partial charge in [-0.15, -0.1) is 0 Å². The summed E-state index contributed by atoms with van der Waals surface area (Å²) in [5.74, 6) is 0.247. The number of hydrogen-bond donors (Lipinski definition) is 1. The Bertz CT molecular complexity index is 711. The fourth-order valence-corrected chi connectivity index (χ4v) is 3.25. The van der Waals surface area contributed by atoms with E-state index < -0.39 is 11.4 Å². The van der Waals surface area contributed by atoms with Crippen molar-refractivity contribution in [3.8, 4) is 11.5 Å². The predicted molar refractivity (Wildman–Crippen MR) is 88.0 cm³/mol. The van der Waals surface area contributed by atoms with E-state index in [2.05, 4.69) is 0 Å². The number of rotatable bonds is 3. The van der Waals surface area contributed by atoms with E-state index in [0.717, 1.165) is 5.56 Å². The molecule has 6 nitrogen and oxygen atoms in total. The van der Waals surface area contributed by atoms with Crippen LogP contribution in [0.3, 0.4) is 0 Å². The van der Waals surface area contributed by atoms with Crippen LogP contribution in [0.5, 0.6) is 11.5 Å². The predicted octanol–water partition coefficient (Wildman–Crippen LogP) is 2.18. The summed E-state index contributed by atoms with van der Waals surface area (Å²) in [6.07, 6.45) is 3.07. The molecular formula is C18H21NO5. The van der Waals surface area contributed by atoms with Crippen LogP contribution in [0.2, 0.25) is 0 Å². The summed E-state index contributed by atoms with van der Waals surface area (Å²) in [4.78, 5) is 25.9. The number of carbonyl (C=O) groups excluding carboxylic acids is 1. The van der Waals surface area contributed by atoms with Gasteiger partial charge in [0.25, 0.3) is 5.91 Å². The highest BCUT2D eigenvalue weighted by molar-refractivity contribution is 5.99. The van der Waals surface area contributed by atoms with Crippen molar-refractivity contribution in [2.24, 2.45) is 5.41 Å². The molecule has 1 aromatic carbocycles. The van der Waals surface area contributed by atoms with Crippen molar-refractivity contribution in [1.29, 1.82) is 0 Å². The Morgan fingerprint density at radius 1 is 1.38 bits per heavy atom. The summed E-state index contributed by atoms with van der Waals surface area (Å²) in [5, 5.41) is 9.40. The van der Waals surface area contributed by atoms with E-state index in [1.54, 1.807) is 25.0 Å². The minimum absolute atomic E-state index is 0.157. The van der Waals surface area contributed by atoms with Gasteiger partial charge in [0.15, 0.2) is 11.5 Å². The van der Waals surface area contributed by atoms with Crippen molar-refractivity contribution >= 4 is 18.0 Å². The maximum Gasteiger partial charge on any atom is 0.311 e. The number of likely N-dealkylation sites (tertiary alicyclic amines) is 1. The highest BCUT2D eigenvalue weighted by Gasteiger charge is 2.40. The first-order valence-corrected chi connectivity index (χ1v) is 7.98. The second-order valence-electron chi connectivity index (χ2n) is 6.53. The van der Waals surface area contributed by atoms with Crippen LogP contribution < -0.4 is 9.47 Å². The fraction of sp³-hybridized carbons (Fsp3) is 0.444. The molecule has 0 aromatic heterocycles. The molecule has 0 spiro atoms. The van der Waals surface area contributed by atoms with Crippen LogP contribution in [0.4, 0.5) is 0 Å². The largest absolute Gasteiger partial charge is 0.493 e. The SMILES string of the molecule is COc1cccc2c1OCC(C(=O)N1CCCC(C)(C(=O)O)C1)=C2. The number of amides is 1. The molecule has 1 N–H and O–H groups in total. The van der Waals surface area contributed by atoms with Gasteiger partial charge < -0.3 is 19.5 Å². The molecule has 3 rings (SSSR count). The van der Waals surface area contributed by atoms with Crippen molar-refractivity contribution in [2.45, 2.75) is 19.8 Å². The molecule has 1 aromatic rings. The highest BCUT2D eigenvalue weighted by Crippen LogP contribution is 2.36. The number of fused-ring (bicyclic) bond motifs is 1. The van der Waals surface area contributed by atoms with E-state index >= 15 is 0 Å². The van der Waals surface area contributed by atoms with Crippen LogP contribution in [0, 0.1) is 5.41 Å². The first kappa shape index (κ1) is 16.4. The Hall–Kier alpha value is -2.50. The summed E-state index contributed by atoms with van der Waals surface area (Å²) < 4.78 is 11.0. The lowest BCUT2D eigenvalue weighted by molar-refractivity contribution is -0.152. The number of ether oxygens (including phenoxy) is 2. The Labute approximate surface area is 140 Å². The third-order valence-electron chi connectivity index (χ3n) is 4.71. The molecule has 2 heterocycles. The molecular weight excluding hydrogens is 310 g/mol. The van der Waals surface area contributed by atoms with Gasteiger partial charge in [0.1, 0.15) is 6.61 Å². The summed E-state index contributed by atoms with van der Waals surface area (Å²) in [5.41, 5.74) is 0.442. The van der Waals surface area contributed by atoms with Crippen LogP contribution in [0.15, 0.2) is 23.8 Å². The molecule has 1 unspecified atom stereocenters. The Morgan fingerprint density at radius 3 is 2.88 bits per heavy atom. The summed E-state index contributed by atoms with van der Waals surface area (Å²) in [6.45, 7) is 2.65. The lowest BCUT2D eigenvalue weighted by Crippen LogP contribution is -2.49. The van der Waals surface area contributed by atoms with E-state index in [0.29, 0.717) is 36.5 Å². The number of methoxy groups -OCH3 is 1. The van der Waals surface area contributed by atoms with Gasteiger partial charge in [-0.3, -0.25) is 9.59 Å². The monoisotopic (exact) mass is 331 g/mol. The maximum atomic E-state index is 12.8. The maximum absolute atomic E-state index is 12.8. The first-order valence-electron chi connectivity index (χ1n) is 7.98. The summed E-state index contributed by atoms with van der Waals surface area (Å²) in [7, 11) is 1.57. The van der Waals surface area contributed by atoms with Crippen LogP contribution in [0.25, 0.3) is 6.08 Å². The van der Waals surface area contributed by atoms with Crippen LogP contribution in [0.1, 0.15) is 25.3 Å². The Kier molecular flexibility index (Phi) is 4.22. The number of carboxylic acid groups (broad SMARTS) is 1. The number of benzene rings is 1.